The molecule has 1 amide bonds. The summed E-state index contributed by atoms with van der Waals surface area (Å²) in [5.74, 6) is 0.219. The van der Waals surface area contributed by atoms with E-state index >= 15 is 0 Å². The standard InChI is InChI=1S/C11H24N4O/c1-10(12)8-14(3)9-11(16)15-6-4-13(2)5-7-15/h10H,4-9,12H2,1-3H3. The minimum atomic E-state index is 0.116. The first-order valence-electron chi connectivity index (χ1n) is 5.89. The Kier molecular flexibility index (Phi) is 5.18. The van der Waals surface area contributed by atoms with E-state index in [-0.39, 0.29) is 11.9 Å². The van der Waals surface area contributed by atoms with E-state index in [0.29, 0.717) is 6.54 Å². The van der Waals surface area contributed by atoms with Gasteiger partial charge in [0, 0.05) is 38.8 Å². The zero-order chi connectivity index (χ0) is 12.1. The van der Waals surface area contributed by atoms with Gasteiger partial charge in [-0.3, -0.25) is 9.69 Å². The lowest BCUT2D eigenvalue weighted by Crippen LogP contribution is -2.50. The van der Waals surface area contributed by atoms with Crippen LogP contribution >= 0.6 is 0 Å². The Balaban J connectivity index is 2.29. The van der Waals surface area contributed by atoms with Crippen molar-refractivity contribution in [2.75, 3.05) is 53.4 Å². The number of carbonyl (C=O) groups excluding carboxylic acids is 1. The van der Waals surface area contributed by atoms with Crippen molar-refractivity contribution in [1.29, 1.82) is 0 Å². The van der Waals surface area contributed by atoms with Crippen LogP contribution in [0.2, 0.25) is 0 Å². The highest BCUT2D eigenvalue weighted by atomic mass is 16.2. The van der Waals surface area contributed by atoms with E-state index in [1.54, 1.807) is 0 Å². The number of nitrogens with zero attached hydrogens (tertiary/aromatic N) is 3. The Hall–Kier alpha value is -0.650. The number of amides is 1. The van der Waals surface area contributed by atoms with Crippen molar-refractivity contribution in [3.8, 4) is 0 Å². The summed E-state index contributed by atoms with van der Waals surface area (Å²) in [4.78, 5) is 18.1. The molecule has 1 aliphatic heterocycles. The normalized spacial score (nSPS) is 20.2. The average Bonchev–Trinajstić information content (AvgIpc) is 2.16. The molecule has 0 aromatic rings. The first-order valence-corrected chi connectivity index (χ1v) is 5.89. The van der Waals surface area contributed by atoms with Crippen molar-refractivity contribution in [3.05, 3.63) is 0 Å². The fourth-order valence-electron chi connectivity index (χ4n) is 1.94. The van der Waals surface area contributed by atoms with Gasteiger partial charge in [0.15, 0.2) is 0 Å². The zero-order valence-electron chi connectivity index (χ0n) is 10.6. The van der Waals surface area contributed by atoms with Gasteiger partial charge < -0.3 is 15.5 Å². The molecular weight excluding hydrogens is 204 g/mol. The predicted octanol–water partition coefficient (Wildman–Crippen LogP) is -0.961. The molecule has 1 heterocycles. The molecule has 0 aliphatic carbocycles. The van der Waals surface area contributed by atoms with Crippen LogP contribution in [-0.4, -0.2) is 80.0 Å². The summed E-state index contributed by atoms with van der Waals surface area (Å²) in [6.07, 6.45) is 0. The van der Waals surface area contributed by atoms with Gasteiger partial charge in [0.25, 0.3) is 0 Å². The van der Waals surface area contributed by atoms with E-state index in [9.17, 15) is 4.79 Å². The third-order valence-electron chi connectivity index (χ3n) is 2.86. The molecule has 0 aromatic carbocycles. The Morgan fingerprint density at radius 1 is 1.38 bits per heavy atom. The average molecular weight is 228 g/mol. The van der Waals surface area contributed by atoms with Gasteiger partial charge >= 0.3 is 0 Å². The summed E-state index contributed by atoms with van der Waals surface area (Å²) in [5, 5.41) is 0. The Morgan fingerprint density at radius 3 is 2.44 bits per heavy atom. The second-order valence-electron chi connectivity index (χ2n) is 4.86. The van der Waals surface area contributed by atoms with Gasteiger partial charge in [-0.1, -0.05) is 0 Å². The summed E-state index contributed by atoms with van der Waals surface area (Å²) < 4.78 is 0. The van der Waals surface area contributed by atoms with Crippen molar-refractivity contribution >= 4 is 5.91 Å². The van der Waals surface area contributed by atoms with Crippen LogP contribution < -0.4 is 5.73 Å². The number of carbonyl (C=O) groups is 1. The molecule has 5 heteroatoms. The Labute approximate surface area is 98.2 Å². The molecular formula is C11H24N4O. The van der Waals surface area contributed by atoms with E-state index in [2.05, 4.69) is 11.9 Å². The van der Waals surface area contributed by atoms with E-state index in [1.807, 2.05) is 23.8 Å². The van der Waals surface area contributed by atoms with E-state index < -0.39 is 0 Å². The summed E-state index contributed by atoms with van der Waals surface area (Å²) in [6.45, 7) is 6.84. The van der Waals surface area contributed by atoms with Crippen molar-refractivity contribution in [2.24, 2.45) is 5.73 Å². The van der Waals surface area contributed by atoms with Gasteiger partial charge in [-0.2, -0.15) is 0 Å². The van der Waals surface area contributed by atoms with Crippen LogP contribution in [0.4, 0.5) is 0 Å². The highest BCUT2D eigenvalue weighted by Crippen LogP contribution is 2.00. The molecule has 0 aromatic heterocycles. The van der Waals surface area contributed by atoms with Crippen LogP contribution in [0.15, 0.2) is 0 Å². The third-order valence-corrected chi connectivity index (χ3v) is 2.86. The number of rotatable bonds is 4. The van der Waals surface area contributed by atoms with Gasteiger partial charge in [0.05, 0.1) is 6.54 Å². The van der Waals surface area contributed by atoms with Crippen LogP contribution in [0.1, 0.15) is 6.92 Å². The third kappa shape index (κ3) is 4.47. The maximum Gasteiger partial charge on any atom is 0.236 e. The molecule has 0 saturated carbocycles. The molecule has 94 valence electrons. The lowest BCUT2D eigenvalue weighted by atomic mass is 10.3. The second kappa shape index (κ2) is 6.18. The summed E-state index contributed by atoms with van der Waals surface area (Å²) in [6, 6.07) is 0.116. The quantitative estimate of drug-likeness (QED) is 0.673. The summed E-state index contributed by atoms with van der Waals surface area (Å²) >= 11 is 0. The van der Waals surface area contributed by atoms with Gasteiger partial charge in [-0.25, -0.2) is 0 Å². The van der Waals surface area contributed by atoms with Gasteiger partial charge in [-0.15, -0.1) is 0 Å². The molecule has 5 nitrogen and oxygen atoms in total. The summed E-state index contributed by atoms with van der Waals surface area (Å²) in [7, 11) is 4.03. The largest absolute Gasteiger partial charge is 0.339 e. The fourth-order valence-corrected chi connectivity index (χ4v) is 1.94. The number of piperazine rings is 1. The first kappa shape index (κ1) is 13.4. The minimum Gasteiger partial charge on any atom is -0.339 e. The van der Waals surface area contributed by atoms with Gasteiger partial charge in [0.2, 0.25) is 5.91 Å². The van der Waals surface area contributed by atoms with Crippen LogP contribution in [-0.2, 0) is 4.79 Å². The molecule has 1 fully saturated rings. The molecule has 16 heavy (non-hydrogen) atoms. The highest BCUT2D eigenvalue weighted by Gasteiger charge is 2.19. The maximum atomic E-state index is 11.9. The smallest absolute Gasteiger partial charge is 0.236 e. The number of likely N-dealkylation sites (N-methyl/N-ethyl adjacent to an activating group) is 2. The highest BCUT2D eigenvalue weighted by molar-refractivity contribution is 5.78. The first-order chi connectivity index (χ1) is 7.49. The van der Waals surface area contributed by atoms with Crippen molar-refractivity contribution in [1.82, 2.24) is 14.7 Å². The van der Waals surface area contributed by atoms with Crippen molar-refractivity contribution in [3.63, 3.8) is 0 Å². The molecule has 1 aliphatic rings. The molecule has 0 bridgehead atoms. The molecule has 2 N–H and O–H groups in total. The van der Waals surface area contributed by atoms with Gasteiger partial charge in [0.1, 0.15) is 0 Å². The number of hydrogen-bond donors (Lipinski definition) is 1. The topological polar surface area (TPSA) is 52.8 Å². The zero-order valence-corrected chi connectivity index (χ0v) is 10.6. The second-order valence-corrected chi connectivity index (χ2v) is 4.86. The van der Waals surface area contributed by atoms with Crippen LogP contribution in [0.3, 0.4) is 0 Å². The fraction of sp³-hybridized carbons (Fsp3) is 0.909. The SMILES string of the molecule is CC(N)CN(C)CC(=O)N1CCN(C)CC1. The van der Waals surface area contributed by atoms with E-state index in [1.165, 1.54) is 0 Å². The molecule has 1 atom stereocenters. The molecule has 0 spiro atoms. The van der Waals surface area contributed by atoms with Gasteiger partial charge in [-0.05, 0) is 21.0 Å². The molecule has 1 unspecified atom stereocenters. The summed E-state index contributed by atoms with van der Waals surface area (Å²) in [5.41, 5.74) is 5.69. The van der Waals surface area contributed by atoms with E-state index in [4.69, 9.17) is 5.73 Å². The molecule has 0 radical (unpaired) electrons. The Bertz CT molecular complexity index is 224. The predicted molar refractivity (Wildman–Crippen MR) is 65.2 cm³/mol. The monoisotopic (exact) mass is 228 g/mol. The van der Waals surface area contributed by atoms with Crippen LogP contribution in [0.5, 0.6) is 0 Å². The van der Waals surface area contributed by atoms with Crippen molar-refractivity contribution in [2.45, 2.75) is 13.0 Å². The van der Waals surface area contributed by atoms with E-state index in [0.717, 1.165) is 32.7 Å². The number of hydrogen-bond acceptors (Lipinski definition) is 4. The number of nitrogens with two attached hydrogens (primary N) is 1. The molecule has 1 saturated heterocycles. The van der Waals surface area contributed by atoms with Crippen LogP contribution in [0.25, 0.3) is 0 Å². The maximum absolute atomic E-state index is 11.9. The van der Waals surface area contributed by atoms with Crippen LogP contribution in [0, 0.1) is 0 Å². The van der Waals surface area contributed by atoms with Crippen molar-refractivity contribution < 1.29 is 4.79 Å². The minimum absolute atomic E-state index is 0.116. The lowest BCUT2D eigenvalue weighted by Gasteiger charge is -2.33. The molecule has 1 rings (SSSR count). The lowest BCUT2D eigenvalue weighted by molar-refractivity contribution is -0.133. The Morgan fingerprint density at radius 2 is 1.94 bits per heavy atom.